The van der Waals surface area contributed by atoms with Crippen molar-refractivity contribution in [3.63, 3.8) is 0 Å². The number of rotatable bonds is 5. The van der Waals surface area contributed by atoms with Crippen LogP contribution >= 0.6 is 0 Å². The molecule has 1 N–H and O–H groups in total. The van der Waals surface area contributed by atoms with Gasteiger partial charge in [0, 0.05) is 12.2 Å². The summed E-state index contributed by atoms with van der Waals surface area (Å²) in [7, 11) is 0.807. The van der Waals surface area contributed by atoms with E-state index >= 15 is 0 Å². The van der Waals surface area contributed by atoms with Gasteiger partial charge in [0.2, 0.25) is 0 Å². The molecule has 0 radical (unpaired) electrons. The molecule has 78 valence electrons. The van der Waals surface area contributed by atoms with E-state index in [2.05, 4.69) is 31.3 Å². The Morgan fingerprint density at radius 1 is 1.29 bits per heavy atom. The zero-order valence-electron chi connectivity index (χ0n) is 9.21. The molecule has 0 spiro atoms. The summed E-state index contributed by atoms with van der Waals surface area (Å²) in [5.74, 6) is 0. The lowest BCUT2D eigenvalue weighted by Gasteiger charge is -2.23. The summed E-state index contributed by atoms with van der Waals surface area (Å²) >= 11 is 0. The lowest BCUT2D eigenvalue weighted by molar-refractivity contribution is 0.117. The maximum atomic E-state index is 5.47. The minimum Gasteiger partial charge on any atom is -0.423 e. The molecule has 0 heterocycles. The number of hydrogen-bond acceptors (Lipinski definition) is 2. The predicted octanol–water partition coefficient (Wildman–Crippen LogP) is 1.56. The van der Waals surface area contributed by atoms with Gasteiger partial charge in [-0.3, -0.25) is 0 Å². The summed E-state index contributed by atoms with van der Waals surface area (Å²) in [6.07, 6.45) is 1.03. The van der Waals surface area contributed by atoms with Crippen LogP contribution in [-0.4, -0.2) is 22.6 Å². The SMILES string of the molecule is CC(C)(CCNc1ccccc1)O[SiH3]. The monoisotopic (exact) mass is 209 g/mol. The molecule has 0 saturated heterocycles. The Bertz CT molecular complexity index is 261. The first kappa shape index (κ1) is 11.3. The van der Waals surface area contributed by atoms with E-state index in [0.717, 1.165) is 23.5 Å². The van der Waals surface area contributed by atoms with Crippen LogP contribution in [0.5, 0.6) is 0 Å². The third-order valence-corrected chi connectivity index (χ3v) is 3.49. The quantitative estimate of drug-likeness (QED) is 0.743. The van der Waals surface area contributed by atoms with E-state index in [1.165, 1.54) is 5.69 Å². The Balaban J connectivity index is 2.29. The lowest BCUT2D eigenvalue weighted by atomic mass is 10.1. The molecule has 1 rings (SSSR count). The van der Waals surface area contributed by atoms with Crippen LogP contribution < -0.4 is 5.32 Å². The van der Waals surface area contributed by atoms with Gasteiger partial charge in [-0.05, 0) is 32.4 Å². The smallest absolute Gasteiger partial charge is 0.146 e. The molecule has 0 aliphatic rings. The Labute approximate surface area is 89.2 Å². The van der Waals surface area contributed by atoms with Crippen molar-refractivity contribution >= 4 is 16.2 Å². The zero-order chi connectivity index (χ0) is 10.4. The Morgan fingerprint density at radius 2 is 1.93 bits per heavy atom. The highest BCUT2D eigenvalue weighted by molar-refractivity contribution is 5.98. The van der Waals surface area contributed by atoms with Gasteiger partial charge in [0.15, 0.2) is 0 Å². The number of anilines is 1. The standard InChI is InChI=1S/C11H19NOSi/c1-11(2,13-14)8-9-12-10-6-4-3-5-7-10/h3-7,12H,8-9H2,1-2,14H3. The van der Waals surface area contributed by atoms with Crippen LogP contribution in [0.4, 0.5) is 5.69 Å². The molecule has 2 nitrogen and oxygen atoms in total. The fraction of sp³-hybridized carbons (Fsp3) is 0.455. The minimum atomic E-state index is 0.0218. The van der Waals surface area contributed by atoms with Gasteiger partial charge in [0.25, 0.3) is 0 Å². The average Bonchev–Trinajstić information content (AvgIpc) is 2.19. The molecule has 1 aromatic carbocycles. The minimum absolute atomic E-state index is 0.0218. The van der Waals surface area contributed by atoms with Crippen LogP contribution in [0.2, 0.25) is 0 Å². The van der Waals surface area contributed by atoms with Crippen molar-refractivity contribution in [2.24, 2.45) is 0 Å². The molecule has 0 aliphatic carbocycles. The van der Waals surface area contributed by atoms with E-state index in [1.807, 2.05) is 18.2 Å². The topological polar surface area (TPSA) is 21.3 Å². The Morgan fingerprint density at radius 3 is 2.50 bits per heavy atom. The third-order valence-electron chi connectivity index (χ3n) is 2.38. The van der Waals surface area contributed by atoms with Gasteiger partial charge < -0.3 is 9.74 Å². The second-order valence-electron chi connectivity index (χ2n) is 4.01. The van der Waals surface area contributed by atoms with E-state index in [4.69, 9.17) is 4.43 Å². The van der Waals surface area contributed by atoms with Crippen LogP contribution in [-0.2, 0) is 4.43 Å². The largest absolute Gasteiger partial charge is 0.423 e. The third kappa shape index (κ3) is 3.94. The van der Waals surface area contributed by atoms with Crippen molar-refractivity contribution in [1.82, 2.24) is 0 Å². The van der Waals surface area contributed by atoms with Crippen LogP contribution in [0.15, 0.2) is 30.3 Å². The van der Waals surface area contributed by atoms with Gasteiger partial charge in [-0.1, -0.05) is 18.2 Å². The number of nitrogens with one attached hydrogen (secondary N) is 1. The lowest BCUT2D eigenvalue weighted by Crippen LogP contribution is -2.26. The molecule has 0 atom stereocenters. The highest BCUT2D eigenvalue weighted by Gasteiger charge is 2.14. The number of para-hydroxylation sites is 1. The van der Waals surface area contributed by atoms with Gasteiger partial charge in [-0.15, -0.1) is 0 Å². The van der Waals surface area contributed by atoms with Crippen molar-refractivity contribution < 1.29 is 4.43 Å². The van der Waals surface area contributed by atoms with E-state index < -0.39 is 0 Å². The van der Waals surface area contributed by atoms with Gasteiger partial charge in [0.1, 0.15) is 10.5 Å². The summed E-state index contributed by atoms with van der Waals surface area (Å²) in [6.45, 7) is 5.22. The zero-order valence-corrected chi connectivity index (χ0v) is 11.2. The van der Waals surface area contributed by atoms with Gasteiger partial charge in [-0.2, -0.15) is 0 Å². The summed E-state index contributed by atoms with van der Waals surface area (Å²) in [6, 6.07) is 10.3. The first-order valence-corrected chi connectivity index (χ1v) is 5.80. The van der Waals surface area contributed by atoms with Crippen LogP contribution in [0.1, 0.15) is 20.3 Å². The van der Waals surface area contributed by atoms with Crippen LogP contribution in [0, 0.1) is 0 Å². The highest BCUT2D eigenvalue weighted by Crippen LogP contribution is 2.13. The number of benzene rings is 1. The van der Waals surface area contributed by atoms with Crippen molar-refractivity contribution in [1.29, 1.82) is 0 Å². The summed E-state index contributed by atoms with van der Waals surface area (Å²) < 4.78 is 5.47. The molecule has 1 aromatic rings. The van der Waals surface area contributed by atoms with Gasteiger partial charge >= 0.3 is 0 Å². The van der Waals surface area contributed by atoms with Crippen LogP contribution in [0.25, 0.3) is 0 Å². The molecule has 0 aromatic heterocycles. The van der Waals surface area contributed by atoms with E-state index in [0.29, 0.717) is 0 Å². The summed E-state index contributed by atoms with van der Waals surface area (Å²) in [5.41, 5.74) is 1.20. The highest BCUT2D eigenvalue weighted by atomic mass is 28.2. The second kappa shape index (κ2) is 5.17. The molecule has 0 amide bonds. The van der Waals surface area contributed by atoms with E-state index in [-0.39, 0.29) is 5.60 Å². The molecule has 14 heavy (non-hydrogen) atoms. The maximum absolute atomic E-state index is 5.47. The van der Waals surface area contributed by atoms with Crippen molar-refractivity contribution in [3.05, 3.63) is 30.3 Å². The van der Waals surface area contributed by atoms with Gasteiger partial charge in [0.05, 0.1) is 5.60 Å². The average molecular weight is 209 g/mol. The fourth-order valence-corrected chi connectivity index (χ4v) is 1.37. The van der Waals surface area contributed by atoms with Crippen molar-refractivity contribution in [3.8, 4) is 0 Å². The fourth-order valence-electron chi connectivity index (χ4n) is 1.17. The molecular weight excluding hydrogens is 190 g/mol. The molecule has 0 bridgehead atoms. The second-order valence-corrected chi connectivity index (χ2v) is 4.41. The molecule has 3 heteroatoms. The first-order chi connectivity index (χ1) is 6.64. The summed E-state index contributed by atoms with van der Waals surface area (Å²) in [5, 5.41) is 3.37. The maximum Gasteiger partial charge on any atom is 0.146 e. The van der Waals surface area contributed by atoms with Crippen molar-refractivity contribution in [2.45, 2.75) is 25.9 Å². The number of hydrogen-bond donors (Lipinski definition) is 1. The van der Waals surface area contributed by atoms with Gasteiger partial charge in [-0.25, -0.2) is 0 Å². The molecule has 0 fully saturated rings. The molecular formula is C11H19NOSi. The van der Waals surface area contributed by atoms with Crippen molar-refractivity contribution in [2.75, 3.05) is 11.9 Å². The van der Waals surface area contributed by atoms with Crippen LogP contribution in [0.3, 0.4) is 0 Å². The molecule has 0 unspecified atom stereocenters. The normalized spacial score (nSPS) is 11.6. The summed E-state index contributed by atoms with van der Waals surface area (Å²) in [4.78, 5) is 0. The predicted molar refractivity (Wildman–Crippen MR) is 64.7 cm³/mol. The van der Waals surface area contributed by atoms with E-state index in [9.17, 15) is 0 Å². The molecule has 0 saturated carbocycles. The van der Waals surface area contributed by atoms with E-state index in [1.54, 1.807) is 0 Å². The Hall–Kier alpha value is -0.803. The first-order valence-electron chi connectivity index (χ1n) is 4.98. The molecule has 0 aliphatic heterocycles. The Kier molecular flexibility index (Phi) is 4.16.